The molecule has 2 saturated heterocycles. The van der Waals surface area contributed by atoms with Crippen LogP contribution in [0.3, 0.4) is 0 Å². The van der Waals surface area contributed by atoms with E-state index in [1.54, 1.807) is 0 Å². The van der Waals surface area contributed by atoms with Crippen LogP contribution >= 0.6 is 0 Å². The van der Waals surface area contributed by atoms with E-state index in [-0.39, 0.29) is 17.7 Å². The van der Waals surface area contributed by atoms with E-state index >= 15 is 0 Å². The molecular weight excluding hydrogens is 254 g/mol. The zero-order valence-electron chi connectivity index (χ0n) is 12.7. The van der Waals surface area contributed by atoms with Crippen molar-refractivity contribution >= 4 is 11.8 Å². The molecule has 2 atom stereocenters. The van der Waals surface area contributed by atoms with E-state index in [9.17, 15) is 9.59 Å². The van der Waals surface area contributed by atoms with E-state index in [0.29, 0.717) is 19.0 Å². The van der Waals surface area contributed by atoms with Crippen LogP contribution in [0.4, 0.5) is 0 Å². The quantitative estimate of drug-likeness (QED) is 0.834. The van der Waals surface area contributed by atoms with Crippen molar-refractivity contribution in [3.8, 4) is 0 Å². The number of rotatable bonds is 3. The molecule has 0 saturated carbocycles. The maximum absolute atomic E-state index is 12.6. The van der Waals surface area contributed by atoms with Crippen molar-refractivity contribution in [3.63, 3.8) is 0 Å². The monoisotopic (exact) mass is 281 g/mol. The van der Waals surface area contributed by atoms with Crippen molar-refractivity contribution in [1.29, 1.82) is 0 Å². The Hall–Kier alpha value is -1.10. The lowest BCUT2D eigenvalue weighted by Gasteiger charge is -2.38. The van der Waals surface area contributed by atoms with E-state index in [1.165, 1.54) is 0 Å². The summed E-state index contributed by atoms with van der Waals surface area (Å²) in [7, 11) is 1.96. The molecule has 0 radical (unpaired) electrons. The third-order valence-electron chi connectivity index (χ3n) is 4.57. The first-order valence-electron chi connectivity index (χ1n) is 7.89. The average Bonchev–Trinajstić information content (AvgIpc) is 2.53. The van der Waals surface area contributed by atoms with Gasteiger partial charge < -0.3 is 15.1 Å². The van der Waals surface area contributed by atoms with E-state index in [2.05, 4.69) is 5.32 Å². The number of hydrogen-bond donors (Lipinski definition) is 1. The van der Waals surface area contributed by atoms with Crippen LogP contribution < -0.4 is 5.32 Å². The number of carbonyl (C=O) groups excluding carboxylic acids is 2. The molecule has 2 aliphatic heterocycles. The second-order valence-corrected chi connectivity index (χ2v) is 5.94. The molecule has 114 valence electrons. The van der Waals surface area contributed by atoms with Gasteiger partial charge in [0.2, 0.25) is 11.8 Å². The molecule has 2 fully saturated rings. The van der Waals surface area contributed by atoms with Crippen molar-refractivity contribution in [1.82, 2.24) is 15.1 Å². The molecule has 5 heteroatoms. The predicted octanol–water partition coefficient (Wildman–Crippen LogP) is 0.845. The van der Waals surface area contributed by atoms with Crippen LogP contribution in [0, 0.1) is 5.92 Å². The Labute approximate surface area is 121 Å². The van der Waals surface area contributed by atoms with Crippen molar-refractivity contribution in [2.45, 2.75) is 45.1 Å². The fraction of sp³-hybridized carbons (Fsp3) is 0.867. The Kier molecular flexibility index (Phi) is 5.40. The van der Waals surface area contributed by atoms with Crippen molar-refractivity contribution in [2.75, 3.05) is 33.2 Å². The number of likely N-dealkylation sites (tertiary alicyclic amines) is 2. The van der Waals surface area contributed by atoms with Gasteiger partial charge in [-0.3, -0.25) is 9.59 Å². The van der Waals surface area contributed by atoms with Crippen LogP contribution in [0.2, 0.25) is 0 Å². The van der Waals surface area contributed by atoms with Crippen molar-refractivity contribution in [2.24, 2.45) is 5.92 Å². The molecule has 2 unspecified atom stereocenters. The first kappa shape index (κ1) is 15.3. The highest BCUT2D eigenvalue weighted by atomic mass is 16.2. The highest BCUT2D eigenvalue weighted by Crippen LogP contribution is 2.21. The van der Waals surface area contributed by atoms with Gasteiger partial charge in [0.25, 0.3) is 0 Å². The van der Waals surface area contributed by atoms with Gasteiger partial charge in [0.15, 0.2) is 0 Å². The number of carbonyl (C=O) groups is 2. The molecule has 2 aliphatic rings. The summed E-state index contributed by atoms with van der Waals surface area (Å²) >= 11 is 0. The summed E-state index contributed by atoms with van der Waals surface area (Å²) in [6.07, 6.45) is 4.62. The SMILES string of the molecule is CCC(=O)N1CCCC(C(=O)N2CCCC(NC)C2)C1. The summed E-state index contributed by atoms with van der Waals surface area (Å²) < 4.78 is 0. The van der Waals surface area contributed by atoms with Gasteiger partial charge in [-0.15, -0.1) is 0 Å². The predicted molar refractivity (Wildman–Crippen MR) is 78.3 cm³/mol. The summed E-state index contributed by atoms with van der Waals surface area (Å²) in [6, 6.07) is 0.421. The lowest BCUT2D eigenvalue weighted by molar-refractivity contribution is -0.141. The van der Waals surface area contributed by atoms with Crippen LogP contribution in [0.5, 0.6) is 0 Å². The first-order valence-corrected chi connectivity index (χ1v) is 7.89. The number of piperidine rings is 2. The Morgan fingerprint density at radius 2 is 1.80 bits per heavy atom. The number of hydrogen-bond acceptors (Lipinski definition) is 3. The van der Waals surface area contributed by atoms with Crippen LogP contribution in [0.15, 0.2) is 0 Å². The van der Waals surface area contributed by atoms with E-state index in [4.69, 9.17) is 0 Å². The second kappa shape index (κ2) is 7.07. The fourth-order valence-corrected chi connectivity index (χ4v) is 3.30. The highest BCUT2D eigenvalue weighted by Gasteiger charge is 2.32. The molecule has 5 nitrogen and oxygen atoms in total. The summed E-state index contributed by atoms with van der Waals surface area (Å²) in [5, 5.41) is 3.27. The Morgan fingerprint density at radius 1 is 1.10 bits per heavy atom. The summed E-state index contributed by atoms with van der Waals surface area (Å²) in [4.78, 5) is 28.3. The summed E-state index contributed by atoms with van der Waals surface area (Å²) in [6.45, 7) is 5.00. The number of likely N-dealkylation sites (N-methyl/N-ethyl adjacent to an activating group) is 1. The molecule has 0 bridgehead atoms. The molecular formula is C15H27N3O2. The van der Waals surface area contributed by atoms with Crippen molar-refractivity contribution < 1.29 is 9.59 Å². The number of nitrogens with one attached hydrogen (secondary N) is 1. The largest absolute Gasteiger partial charge is 0.342 e. The minimum Gasteiger partial charge on any atom is -0.342 e. The minimum atomic E-state index is 0.00913. The van der Waals surface area contributed by atoms with Gasteiger partial charge in [0.1, 0.15) is 0 Å². The molecule has 0 spiro atoms. The van der Waals surface area contributed by atoms with Gasteiger partial charge in [0.05, 0.1) is 5.92 Å². The first-order chi connectivity index (χ1) is 9.65. The van der Waals surface area contributed by atoms with E-state index < -0.39 is 0 Å². The normalized spacial score (nSPS) is 27.5. The molecule has 0 aromatic carbocycles. The smallest absolute Gasteiger partial charge is 0.227 e. The number of amides is 2. The maximum Gasteiger partial charge on any atom is 0.227 e. The van der Waals surface area contributed by atoms with Crippen LogP contribution in [0.25, 0.3) is 0 Å². The van der Waals surface area contributed by atoms with Gasteiger partial charge in [-0.25, -0.2) is 0 Å². The Bertz CT molecular complexity index is 359. The number of nitrogens with zero attached hydrogens (tertiary/aromatic N) is 2. The van der Waals surface area contributed by atoms with Crippen LogP contribution in [-0.2, 0) is 9.59 Å². The standard InChI is InChI=1S/C15H27N3O2/c1-3-14(19)17-8-4-6-12(10-17)15(20)18-9-5-7-13(11-18)16-2/h12-13,16H,3-11H2,1-2H3. The molecule has 20 heavy (non-hydrogen) atoms. The summed E-state index contributed by atoms with van der Waals surface area (Å²) in [5.74, 6) is 0.433. The third kappa shape index (κ3) is 3.51. The second-order valence-electron chi connectivity index (χ2n) is 5.94. The molecule has 2 heterocycles. The van der Waals surface area contributed by atoms with Gasteiger partial charge in [-0.05, 0) is 32.7 Å². The zero-order valence-corrected chi connectivity index (χ0v) is 12.7. The third-order valence-corrected chi connectivity index (χ3v) is 4.57. The van der Waals surface area contributed by atoms with Gasteiger partial charge in [-0.2, -0.15) is 0 Å². The molecule has 0 aliphatic carbocycles. The van der Waals surface area contributed by atoms with Crippen molar-refractivity contribution in [3.05, 3.63) is 0 Å². The average molecular weight is 281 g/mol. The Balaban J connectivity index is 1.92. The molecule has 2 rings (SSSR count). The molecule has 1 N–H and O–H groups in total. The maximum atomic E-state index is 12.6. The van der Waals surface area contributed by atoms with Gasteiger partial charge >= 0.3 is 0 Å². The van der Waals surface area contributed by atoms with Gasteiger partial charge in [-0.1, -0.05) is 6.92 Å². The lowest BCUT2D eigenvalue weighted by atomic mass is 9.94. The molecule has 0 aromatic rings. The Morgan fingerprint density at radius 3 is 2.50 bits per heavy atom. The van der Waals surface area contributed by atoms with Gasteiger partial charge in [0, 0.05) is 38.6 Å². The minimum absolute atomic E-state index is 0.00913. The molecule has 0 aromatic heterocycles. The topological polar surface area (TPSA) is 52.7 Å². The molecule has 2 amide bonds. The van der Waals surface area contributed by atoms with Crippen LogP contribution in [0.1, 0.15) is 39.0 Å². The zero-order chi connectivity index (χ0) is 14.5. The lowest BCUT2D eigenvalue weighted by Crippen LogP contribution is -2.52. The summed E-state index contributed by atoms with van der Waals surface area (Å²) in [5.41, 5.74) is 0. The van der Waals surface area contributed by atoms with Crippen LogP contribution in [-0.4, -0.2) is 60.9 Å². The van der Waals surface area contributed by atoms with E-state index in [0.717, 1.165) is 45.3 Å². The highest BCUT2D eigenvalue weighted by molar-refractivity contribution is 5.81. The van der Waals surface area contributed by atoms with E-state index in [1.807, 2.05) is 23.8 Å². The fourth-order valence-electron chi connectivity index (χ4n) is 3.30.